The van der Waals surface area contributed by atoms with Gasteiger partial charge in [0.1, 0.15) is 10.7 Å². The van der Waals surface area contributed by atoms with Crippen LogP contribution in [-0.4, -0.2) is 37.4 Å². The second kappa shape index (κ2) is 5.19. The number of anilines is 1. The van der Waals surface area contributed by atoms with Crippen molar-refractivity contribution in [2.24, 2.45) is 0 Å². The van der Waals surface area contributed by atoms with Gasteiger partial charge in [-0.05, 0) is 25.1 Å². The zero-order valence-electron chi connectivity index (χ0n) is 9.72. The molecule has 0 aliphatic heterocycles. The summed E-state index contributed by atoms with van der Waals surface area (Å²) in [6.45, 7) is 0.137. The highest BCUT2D eigenvalue weighted by Gasteiger charge is 2.30. The first kappa shape index (κ1) is 14.8. The number of hydrogen-bond donors (Lipinski definition) is 4. The third kappa shape index (κ3) is 3.16. The Morgan fingerprint density at radius 2 is 1.94 bits per heavy atom. The second-order valence-electron chi connectivity index (χ2n) is 4.16. The molecule has 6 nitrogen and oxygen atoms in total. The van der Waals surface area contributed by atoms with Crippen LogP contribution in [0.5, 0.6) is 0 Å². The number of rotatable bonds is 5. The van der Waals surface area contributed by atoms with Gasteiger partial charge in [0, 0.05) is 0 Å². The summed E-state index contributed by atoms with van der Waals surface area (Å²) in [4.78, 5) is -0.308. The fourth-order valence-electron chi connectivity index (χ4n) is 1.26. The largest absolute Gasteiger partial charge is 0.398 e. The van der Waals surface area contributed by atoms with Gasteiger partial charge < -0.3 is 15.9 Å². The van der Waals surface area contributed by atoms with Crippen LogP contribution in [0.15, 0.2) is 23.1 Å². The van der Waals surface area contributed by atoms with Gasteiger partial charge in [0.05, 0.1) is 24.4 Å². The molecule has 0 aromatic heterocycles. The highest BCUT2D eigenvalue weighted by atomic mass is 32.2. The van der Waals surface area contributed by atoms with Crippen molar-refractivity contribution >= 4 is 15.7 Å². The van der Waals surface area contributed by atoms with E-state index in [2.05, 4.69) is 4.72 Å². The third-order valence-electron chi connectivity index (χ3n) is 2.34. The van der Waals surface area contributed by atoms with E-state index >= 15 is 0 Å². The molecule has 5 N–H and O–H groups in total. The molecule has 0 unspecified atom stereocenters. The van der Waals surface area contributed by atoms with Crippen molar-refractivity contribution < 1.29 is 23.0 Å². The van der Waals surface area contributed by atoms with Crippen LogP contribution in [0.2, 0.25) is 0 Å². The number of sulfonamides is 1. The Hall–Kier alpha value is -1.22. The van der Waals surface area contributed by atoms with E-state index in [9.17, 15) is 12.8 Å². The summed E-state index contributed by atoms with van der Waals surface area (Å²) in [7, 11) is -4.05. The fraction of sp³-hybridized carbons (Fsp3) is 0.400. The molecule has 0 heterocycles. The number of nitrogens with one attached hydrogen (secondary N) is 1. The maximum Gasteiger partial charge on any atom is 0.243 e. The van der Waals surface area contributed by atoms with Crippen LogP contribution in [0, 0.1) is 5.82 Å². The summed E-state index contributed by atoms with van der Waals surface area (Å²) in [5.74, 6) is -0.654. The summed E-state index contributed by atoms with van der Waals surface area (Å²) in [5, 5.41) is 18.1. The van der Waals surface area contributed by atoms with Crippen molar-refractivity contribution in [3.05, 3.63) is 24.0 Å². The van der Waals surface area contributed by atoms with Gasteiger partial charge in [0.15, 0.2) is 0 Å². The molecule has 18 heavy (non-hydrogen) atoms. The van der Waals surface area contributed by atoms with Gasteiger partial charge in [-0.15, -0.1) is 0 Å². The monoisotopic (exact) mass is 278 g/mol. The summed E-state index contributed by atoms with van der Waals surface area (Å²) in [6.07, 6.45) is 0. The van der Waals surface area contributed by atoms with Crippen molar-refractivity contribution in [2.45, 2.75) is 17.4 Å². The SMILES string of the molecule is CC(CO)(CO)NS(=O)(=O)c1ccc(F)cc1N. The van der Waals surface area contributed by atoms with Crippen LogP contribution < -0.4 is 10.5 Å². The van der Waals surface area contributed by atoms with Crippen LogP contribution >= 0.6 is 0 Å². The number of nitrogen functional groups attached to an aromatic ring is 1. The summed E-state index contributed by atoms with van der Waals surface area (Å²) in [5.41, 5.74) is 3.76. The van der Waals surface area contributed by atoms with Crippen molar-refractivity contribution in [3.8, 4) is 0 Å². The van der Waals surface area contributed by atoms with Crippen LogP contribution in [0.3, 0.4) is 0 Å². The maximum absolute atomic E-state index is 12.8. The van der Waals surface area contributed by atoms with E-state index in [-0.39, 0.29) is 10.6 Å². The summed E-state index contributed by atoms with van der Waals surface area (Å²) in [6, 6.07) is 2.85. The number of benzene rings is 1. The minimum absolute atomic E-state index is 0.249. The van der Waals surface area contributed by atoms with Gasteiger partial charge in [-0.25, -0.2) is 17.5 Å². The summed E-state index contributed by atoms with van der Waals surface area (Å²) >= 11 is 0. The molecule has 0 radical (unpaired) electrons. The molecular weight excluding hydrogens is 263 g/mol. The van der Waals surface area contributed by atoms with E-state index in [0.29, 0.717) is 0 Å². The lowest BCUT2D eigenvalue weighted by atomic mass is 10.1. The fourth-order valence-corrected chi connectivity index (χ4v) is 2.76. The first-order valence-electron chi connectivity index (χ1n) is 5.05. The molecule has 0 atom stereocenters. The first-order chi connectivity index (χ1) is 8.24. The number of aliphatic hydroxyl groups excluding tert-OH is 2. The predicted molar refractivity (Wildman–Crippen MR) is 63.7 cm³/mol. The maximum atomic E-state index is 12.8. The molecule has 1 aromatic rings. The Morgan fingerprint density at radius 3 is 2.39 bits per heavy atom. The molecule has 1 rings (SSSR count). The number of nitrogens with two attached hydrogens (primary N) is 1. The van der Waals surface area contributed by atoms with E-state index in [4.69, 9.17) is 15.9 Å². The molecule has 1 aromatic carbocycles. The molecule has 0 spiro atoms. The smallest absolute Gasteiger partial charge is 0.243 e. The molecule has 0 bridgehead atoms. The van der Waals surface area contributed by atoms with Gasteiger partial charge >= 0.3 is 0 Å². The number of hydrogen-bond acceptors (Lipinski definition) is 5. The van der Waals surface area contributed by atoms with Crippen LogP contribution in [-0.2, 0) is 10.0 Å². The van der Waals surface area contributed by atoms with E-state index < -0.39 is 34.6 Å². The Labute approximate surface area is 104 Å². The van der Waals surface area contributed by atoms with E-state index in [0.717, 1.165) is 18.2 Å². The average Bonchev–Trinajstić information content (AvgIpc) is 2.27. The van der Waals surface area contributed by atoms with Gasteiger partial charge in [-0.3, -0.25) is 0 Å². The molecule has 0 amide bonds. The lowest BCUT2D eigenvalue weighted by molar-refractivity contribution is 0.122. The lowest BCUT2D eigenvalue weighted by Gasteiger charge is -2.26. The van der Waals surface area contributed by atoms with Crippen molar-refractivity contribution in [1.29, 1.82) is 0 Å². The van der Waals surface area contributed by atoms with E-state index in [1.165, 1.54) is 6.92 Å². The standard InChI is InChI=1S/C10H15FN2O4S/c1-10(5-14,6-15)13-18(16,17)9-3-2-7(11)4-8(9)12/h2-4,13-15H,5-6,12H2,1H3. The van der Waals surface area contributed by atoms with Crippen molar-refractivity contribution in [2.75, 3.05) is 18.9 Å². The van der Waals surface area contributed by atoms with Crippen LogP contribution in [0.1, 0.15) is 6.92 Å². The minimum atomic E-state index is -4.05. The molecule has 8 heteroatoms. The molecule has 0 fully saturated rings. The van der Waals surface area contributed by atoms with Gasteiger partial charge in [0.2, 0.25) is 10.0 Å². The predicted octanol–water partition coefficient (Wildman–Crippen LogP) is -0.571. The second-order valence-corrected chi connectivity index (χ2v) is 5.82. The Kier molecular flexibility index (Phi) is 4.28. The number of halogens is 1. The molecule has 0 saturated heterocycles. The minimum Gasteiger partial charge on any atom is -0.398 e. The average molecular weight is 278 g/mol. The van der Waals surface area contributed by atoms with Crippen LogP contribution in [0.25, 0.3) is 0 Å². The van der Waals surface area contributed by atoms with E-state index in [1.54, 1.807) is 0 Å². The van der Waals surface area contributed by atoms with Gasteiger partial charge in [-0.2, -0.15) is 0 Å². The highest BCUT2D eigenvalue weighted by molar-refractivity contribution is 7.89. The Morgan fingerprint density at radius 1 is 1.39 bits per heavy atom. The van der Waals surface area contributed by atoms with Crippen LogP contribution in [0.4, 0.5) is 10.1 Å². The molecule has 0 aliphatic carbocycles. The van der Waals surface area contributed by atoms with E-state index in [1.807, 2.05) is 0 Å². The molecule has 0 saturated carbocycles. The molecular formula is C10H15FN2O4S. The zero-order chi connectivity index (χ0) is 14.0. The zero-order valence-corrected chi connectivity index (χ0v) is 10.5. The quantitative estimate of drug-likeness (QED) is 0.539. The summed E-state index contributed by atoms with van der Waals surface area (Å²) < 4.78 is 38.9. The van der Waals surface area contributed by atoms with Gasteiger partial charge in [0.25, 0.3) is 0 Å². The highest BCUT2D eigenvalue weighted by Crippen LogP contribution is 2.20. The Bertz CT molecular complexity index is 529. The third-order valence-corrected chi connectivity index (χ3v) is 4.05. The lowest BCUT2D eigenvalue weighted by Crippen LogP contribution is -2.51. The topological polar surface area (TPSA) is 113 Å². The number of aliphatic hydroxyl groups is 2. The normalized spacial score (nSPS) is 12.7. The Balaban J connectivity index is 3.15. The van der Waals surface area contributed by atoms with Crippen molar-refractivity contribution in [3.63, 3.8) is 0 Å². The van der Waals surface area contributed by atoms with Crippen molar-refractivity contribution in [1.82, 2.24) is 4.72 Å². The molecule has 102 valence electrons. The van der Waals surface area contributed by atoms with Gasteiger partial charge in [-0.1, -0.05) is 0 Å². The first-order valence-corrected chi connectivity index (χ1v) is 6.53. The molecule has 0 aliphatic rings.